The average molecular weight is 780 g/mol. The number of aromatic nitrogens is 5. The molecule has 0 aliphatic heterocycles. The van der Waals surface area contributed by atoms with E-state index in [0.717, 1.165) is 99.1 Å². The van der Waals surface area contributed by atoms with Gasteiger partial charge in [-0.3, -0.25) is 0 Å². The third-order valence-corrected chi connectivity index (χ3v) is 12.4. The number of hydrogen-bond donors (Lipinski definition) is 0. The molecule has 6 heterocycles. The number of furan rings is 2. The number of hydrogen-bond acceptors (Lipinski definition) is 6. The minimum absolute atomic E-state index is 0.559. The van der Waals surface area contributed by atoms with E-state index >= 15 is 0 Å². The number of rotatable bonds is 4. The summed E-state index contributed by atoms with van der Waals surface area (Å²) in [7, 11) is 0. The fourth-order valence-corrected chi connectivity index (χ4v) is 9.72. The van der Waals surface area contributed by atoms with Crippen LogP contribution >= 0.6 is 0 Å². The lowest BCUT2D eigenvalue weighted by Crippen LogP contribution is -1.96. The summed E-state index contributed by atoms with van der Waals surface area (Å²) in [6.45, 7) is 0. The van der Waals surface area contributed by atoms with Crippen LogP contribution < -0.4 is 0 Å². The van der Waals surface area contributed by atoms with Gasteiger partial charge >= 0.3 is 0 Å². The molecule has 0 saturated carbocycles. The SMILES string of the molecule is c1ccc(-c2nc(-c3ccc4c(c3)c3cc(-c5nc(-c6ccccc6)c6c(n5)oc5ccccc56)cc5c6cccc7cccc(c76)n4c53)nc3oc4ccccc4c23)cc1. The molecule has 8 aromatic carbocycles. The summed E-state index contributed by atoms with van der Waals surface area (Å²) in [6, 6.07) is 61.0. The molecule has 0 unspecified atom stereocenters. The Balaban J connectivity index is 1.08. The van der Waals surface area contributed by atoms with Crippen LogP contribution in [0, 0.1) is 0 Å². The first-order valence-corrected chi connectivity index (χ1v) is 20.4. The zero-order chi connectivity index (χ0) is 39.8. The molecule has 282 valence electrons. The van der Waals surface area contributed by atoms with E-state index in [1.165, 1.54) is 16.2 Å². The van der Waals surface area contributed by atoms with Crippen molar-refractivity contribution in [3.63, 3.8) is 0 Å². The van der Waals surface area contributed by atoms with Crippen molar-refractivity contribution in [2.45, 2.75) is 0 Å². The number of fused-ring (bicyclic) bond motifs is 11. The summed E-state index contributed by atoms with van der Waals surface area (Å²) in [5, 5.41) is 10.6. The molecule has 0 fully saturated rings. The van der Waals surface area contributed by atoms with Crippen molar-refractivity contribution in [2.75, 3.05) is 0 Å². The van der Waals surface area contributed by atoms with Crippen LogP contribution in [0.5, 0.6) is 0 Å². The lowest BCUT2D eigenvalue weighted by Gasteiger charge is -2.14. The zero-order valence-electron chi connectivity index (χ0n) is 32.3. The second-order valence-corrected chi connectivity index (χ2v) is 15.7. The highest BCUT2D eigenvalue weighted by Gasteiger charge is 2.24. The highest BCUT2D eigenvalue weighted by molar-refractivity contribution is 6.28. The Bertz CT molecular complexity index is 4100. The van der Waals surface area contributed by atoms with E-state index in [-0.39, 0.29) is 0 Å². The lowest BCUT2D eigenvalue weighted by atomic mass is 9.97. The molecule has 0 aliphatic carbocycles. The standard InChI is InChI=1S/C54H29N5O2/c1-3-13-31(14-4-1)48-46-36-19-7-9-23-43(36)60-53(46)57-51(55-48)33-25-26-41-38(27-33)40-29-34(28-39-35-21-11-17-30-18-12-22-42(45(30)35)59(41)50(39)40)52-56-49(32-15-5-2-6-16-32)47-37-20-8-10-24-44(37)61-54(47)58-52/h1-29H. The van der Waals surface area contributed by atoms with Crippen LogP contribution in [-0.4, -0.2) is 24.3 Å². The van der Waals surface area contributed by atoms with E-state index in [1.807, 2.05) is 72.8 Å². The van der Waals surface area contributed by atoms with Crippen molar-refractivity contribution in [1.82, 2.24) is 24.3 Å². The maximum absolute atomic E-state index is 6.48. The average Bonchev–Trinajstić information content (AvgIpc) is 4.00. The highest BCUT2D eigenvalue weighted by atomic mass is 16.3. The molecule has 61 heavy (non-hydrogen) atoms. The van der Waals surface area contributed by atoms with Gasteiger partial charge in [-0.1, -0.05) is 127 Å². The van der Waals surface area contributed by atoms with Crippen molar-refractivity contribution in [2.24, 2.45) is 0 Å². The monoisotopic (exact) mass is 779 g/mol. The molecular weight excluding hydrogens is 751 g/mol. The molecular formula is C54H29N5O2. The Morgan fingerprint density at radius 2 is 0.869 bits per heavy atom. The normalized spacial score (nSPS) is 12.3. The van der Waals surface area contributed by atoms with Crippen LogP contribution in [0.4, 0.5) is 0 Å². The van der Waals surface area contributed by atoms with Gasteiger partial charge < -0.3 is 13.2 Å². The van der Waals surface area contributed by atoms with Crippen molar-refractivity contribution >= 4 is 93.0 Å². The summed E-state index contributed by atoms with van der Waals surface area (Å²) in [5.41, 5.74) is 11.5. The van der Waals surface area contributed by atoms with Crippen LogP contribution in [0.15, 0.2) is 185 Å². The summed E-state index contributed by atoms with van der Waals surface area (Å²) < 4.78 is 15.3. The summed E-state index contributed by atoms with van der Waals surface area (Å²) in [5.74, 6) is 1.19. The van der Waals surface area contributed by atoms with Crippen LogP contribution in [0.2, 0.25) is 0 Å². The van der Waals surface area contributed by atoms with Gasteiger partial charge in [0.1, 0.15) is 11.2 Å². The Labute approximate surface area is 346 Å². The van der Waals surface area contributed by atoms with E-state index in [2.05, 4.69) is 108 Å². The van der Waals surface area contributed by atoms with Gasteiger partial charge in [-0.15, -0.1) is 0 Å². The number of benzene rings is 8. The Kier molecular flexibility index (Phi) is 6.43. The number of para-hydroxylation sites is 2. The predicted molar refractivity (Wildman–Crippen MR) is 246 cm³/mol. The molecule has 0 aliphatic rings. The molecule has 0 amide bonds. The van der Waals surface area contributed by atoms with E-state index in [1.54, 1.807) is 0 Å². The Morgan fingerprint density at radius 3 is 1.51 bits per heavy atom. The maximum Gasteiger partial charge on any atom is 0.231 e. The van der Waals surface area contributed by atoms with E-state index < -0.39 is 0 Å². The van der Waals surface area contributed by atoms with Crippen LogP contribution in [-0.2, 0) is 0 Å². The fourth-order valence-electron chi connectivity index (χ4n) is 9.72. The molecule has 0 spiro atoms. The highest BCUT2D eigenvalue weighted by Crippen LogP contribution is 2.45. The molecule has 0 radical (unpaired) electrons. The maximum atomic E-state index is 6.48. The molecule has 14 aromatic rings. The minimum Gasteiger partial charge on any atom is -0.438 e. The second kappa shape index (κ2) is 12.1. The lowest BCUT2D eigenvalue weighted by molar-refractivity contribution is 0.653. The molecule has 7 heteroatoms. The summed E-state index contributed by atoms with van der Waals surface area (Å²) in [4.78, 5) is 21.0. The zero-order valence-corrected chi connectivity index (χ0v) is 32.3. The number of pyridine rings is 1. The Hall–Kier alpha value is -8.42. The molecule has 0 N–H and O–H groups in total. The van der Waals surface area contributed by atoms with Gasteiger partial charge in [0.25, 0.3) is 0 Å². The van der Waals surface area contributed by atoms with Crippen molar-refractivity contribution < 1.29 is 8.83 Å². The van der Waals surface area contributed by atoms with Gasteiger partial charge in [-0.2, -0.15) is 9.97 Å². The third-order valence-electron chi connectivity index (χ3n) is 12.4. The quantitative estimate of drug-likeness (QED) is 0.131. The van der Waals surface area contributed by atoms with Crippen molar-refractivity contribution in [3.8, 4) is 45.3 Å². The first kappa shape index (κ1) is 32.5. The van der Waals surface area contributed by atoms with Gasteiger partial charge in [0.2, 0.25) is 11.4 Å². The smallest absolute Gasteiger partial charge is 0.231 e. The second-order valence-electron chi connectivity index (χ2n) is 15.7. The predicted octanol–water partition coefficient (Wildman–Crippen LogP) is 14.0. The molecule has 6 aromatic heterocycles. The topological polar surface area (TPSA) is 82.2 Å². The van der Waals surface area contributed by atoms with Gasteiger partial charge in [-0.05, 0) is 59.3 Å². The van der Waals surface area contributed by atoms with E-state index in [0.29, 0.717) is 23.1 Å². The van der Waals surface area contributed by atoms with Gasteiger partial charge in [0.05, 0.1) is 38.7 Å². The van der Waals surface area contributed by atoms with Crippen LogP contribution in [0.25, 0.3) is 138 Å². The Morgan fingerprint density at radius 1 is 0.344 bits per heavy atom. The number of nitrogens with zero attached hydrogens (tertiary/aromatic N) is 5. The summed E-state index contributed by atoms with van der Waals surface area (Å²) in [6.07, 6.45) is 0. The van der Waals surface area contributed by atoms with Crippen LogP contribution in [0.1, 0.15) is 0 Å². The van der Waals surface area contributed by atoms with Gasteiger partial charge in [-0.25, -0.2) is 9.97 Å². The largest absolute Gasteiger partial charge is 0.438 e. The first-order valence-electron chi connectivity index (χ1n) is 20.4. The fraction of sp³-hybridized carbons (Fsp3) is 0. The minimum atomic E-state index is 0.559. The van der Waals surface area contributed by atoms with Gasteiger partial charge in [0, 0.05) is 54.6 Å². The van der Waals surface area contributed by atoms with E-state index in [9.17, 15) is 0 Å². The van der Waals surface area contributed by atoms with Crippen molar-refractivity contribution in [3.05, 3.63) is 176 Å². The van der Waals surface area contributed by atoms with Crippen molar-refractivity contribution in [1.29, 1.82) is 0 Å². The summed E-state index contributed by atoms with van der Waals surface area (Å²) >= 11 is 0. The molecule has 14 rings (SSSR count). The molecule has 0 atom stereocenters. The third kappa shape index (κ3) is 4.57. The first-order chi connectivity index (χ1) is 30.2. The van der Waals surface area contributed by atoms with E-state index in [4.69, 9.17) is 28.8 Å². The van der Waals surface area contributed by atoms with Crippen LogP contribution in [0.3, 0.4) is 0 Å². The molecule has 0 saturated heterocycles. The molecule has 7 nitrogen and oxygen atoms in total. The molecule has 0 bridgehead atoms. The van der Waals surface area contributed by atoms with Gasteiger partial charge in [0.15, 0.2) is 11.6 Å².